The first-order valence-electron chi connectivity index (χ1n) is 8.39. The van der Waals surface area contributed by atoms with Crippen molar-refractivity contribution >= 4 is 17.6 Å². The molecule has 0 atom stereocenters. The van der Waals surface area contributed by atoms with Gasteiger partial charge in [-0.15, -0.1) is 11.3 Å². The molecule has 1 aromatic carbocycles. The second-order valence-corrected chi connectivity index (χ2v) is 7.65. The average Bonchev–Trinajstić information content (AvgIpc) is 2.96. The van der Waals surface area contributed by atoms with Crippen molar-refractivity contribution < 1.29 is 4.79 Å². The van der Waals surface area contributed by atoms with Crippen molar-refractivity contribution in [1.29, 1.82) is 0 Å². The van der Waals surface area contributed by atoms with Gasteiger partial charge in [-0.25, -0.2) is 0 Å². The van der Waals surface area contributed by atoms with Gasteiger partial charge in [0, 0.05) is 15.3 Å². The number of rotatable bonds is 4. The highest BCUT2D eigenvalue weighted by atomic mass is 32.1. The van der Waals surface area contributed by atoms with Crippen LogP contribution in [0.4, 0.5) is 0 Å². The fourth-order valence-electron chi connectivity index (χ4n) is 3.63. The van der Waals surface area contributed by atoms with Gasteiger partial charge >= 0.3 is 0 Å². The first-order chi connectivity index (χ1) is 10.7. The molecule has 0 N–H and O–H groups in total. The van der Waals surface area contributed by atoms with E-state index in [1.165, 1.54) is 53.0 Å². The second kappa shape index (κ2) is 6.78. The van der Waals surface area contributed by atoms with E-state index in [9.17, 15) is 4.79 Å². The molecular weight excluding hydrogens is 288 g/mol. The molecule has 1 fully saturated rings. The number of hydrogen-bond donors (Lipinski definition) is 0. The smallest absolute Gasteiger partial charge is 0.151 e. The van der Waals surface area contributed by atoms with Crippen LogP contribution in [0.5, 0.6) is 0 Å². The van der Waals surface area contributed by atoms with Crippen LogP contribution in [0.1, 0.15) is 78.6 Å². The van der Waals surface area contributed by atoms with Crippen molar-refractivity contribution in [3.05, 3.63) is 46.3 Å². The van der Waals surface area contributed by atoms with E-state index in [4.69, 9.17) is 0 Å². The van der Waals surface area contributed by atoms with Crippen LogP contribution in [0.25, 0.3) is 10.4 Å². The van der Waals surface area contributed by atoms with Gasteiger partial charge in [0.15, 0.2) is 6.29 Å². The van der Waals surface area contributed by atoms with Crippen molar-refractivity contribution in [3.63, 3.8) is 0 Å². The topological polar surface area (TPSA) is 17.1 Å². The summed E-state index contributed by atoms with van der Waals surface area (Å²) in [5.74, 6) is 0.970. The van der Waals surface area contributed by atoms with Gasteiger partial charge in [-0.1, -0.05) is 63.4 Å². The second-order valence-electron chi connectivity index (χ2n) is 6.60. The van der Waals surface area contributed by atoms with Gasteiger partial charge in [0.05, 0.1) is 0 Å². The van der Waals surface area contributed by atoms with E-state index in [2.05, 4.69) is 44.2 Å². The molecule has 2 heteroatoms. The summed E-state index contributed by atoms with van der Waals surface area (Å²) in [6.07, 6.45) is 7.51. The largest absolute Gasteiger partial charge is 0.298 e. The predicted octanol–water partition coefficient (Wildman–Crippen LogP) is 6.40. The molecule has 0 saturated heterocycles. The molecule has 2 aromatic rings. The van der Waals surface area contributed by atoms with Crippen LogP contribution < -0.4 is 0 Å². The van der Waals surface area contributed by atoms with Crippen LogP contribution in [-0.2, 0) is 0 Å². The Balaban J connectivity index is 2.16. The molecule has 0 spiro atoms. The Morgan fingerprint density at radius 2 is 1.77 bits per heavy atom. The van der Waals surface area contributed by atoms with Gasteiger partial charge < -0.3 is 0 Å². The average molecular weight is 312 g/mol. The van der Waals surface area contributed by atoms with E-state index < -0.39 is 0 Å². The molecule has 0 unspecified atom stereocenters. The van der Waals surface area contributed by atoms with E-state index >= 15 is 0 Å². The van der Waals surface area contributed by atoms with Gasteiger partial charge in [-0.05, 0) is 35.8 Å². The quantitative estimate of drug-likeness (QED) is 0.597. The third-order valence-corrected chi connectivity index (χ3v) is 6.27. The lowest BCUT2D eigenvalue weighted by Crippen LogP contribution is -2.07. The van der Waals surface area contributed by atoms with Crippen LogP contribution in [-0.4, -0.2) is 6.29 Å². The zero-order chi connectivity index (χ0) is 15.5. The van der Waals surface area contributed by atoms with Gasteiger partial charge in [-0.3, -0.25) is 4.79 Å². The maximum atomic E-state index is 11.8. The van der Waals surface area contributed by atoms with E-state index in [1.807, 2.05) is 11.3 Å². The fraction of sp³-hybridized carbons (Fsp3) is 0.450. The molecule has 3 rings (SSSR count). The van der Waals surface area contributed by atoms with Gasteiger partial charge in [0.25, 0.3) is 0 Å². The van der Waals surface area contributed by atoms with Gasteiger partial charge in [-0.2, -0.15) is 0 Å². The molecule has 22 heavy (non-hydrogen) atoms. The standard InChI is InChI=1S/C20H24OS/c1-14(2)19-17(13-21)18(15-9-5-3-6-10-15)20(22-19)16-11-7-4-8-12-16/h4,7-8,11-15H,3,5-6,9-10H2,1-2H3. The first-order valence-corrected chi connectivity index (χ1v) is 9.21. The normalized spacial score (nSPS) is 16.1. The molecule has 1 aliphatic rings. The van der Waals surface area contributed by atoms with Crippen LogP contribution >= 0.6 is 11.3 Å². The van der Waals surface area contributed by atoms with E-state index in [0.717, 1.165) is 11.8 Å². The van der Waals surface area contributed by atoms with Crippen molar-refractivity contribution in [1.82, 2.24) is 0 Å². The zero-order valence-corrected chi connectivity index (χ0v) is 14.3. The number of benzene rings is 1. The number of thiophene rings is 1. The molecule has 1 aliphatic carbocycles. The van der Waals surface area contributed by atoms with Crippen LogP contribution in [0.3, 0.4) is 0 Å². The Morgan fingerprint density at radius 1 is 1.09 bits per heavy atom. The Hall–Kier alpha value is -1.41. The summed E-state index contributed by atoms with van der Waals surface area (Å²) in [5.41, 5.74) is 3.60. The molecule has 0 aliphatic heterocycles. The number of aldehydes is 1. The van der Waals surface area contributed by atoms with Crippen molar-refractivity contribution in [3.8, 4) is 10.4 Å². The number of hydrogen-bond acceptors (Lipinski definition) is 2. The molecule has 1 heterocycles. The summed E-state index contributed by atoms with van der Waals surface area (Å²) in [5, 5.41) is 0. The summed E-state index contributed by atoms with van der Waals surface area (Å²) in [7, 11) is 0. The minimum Gasteiger partial charge on any atom is -0.298 e. The Morgan fingerprint density at radius 3 is 2.36 bits per heavy atom. The lowest BCUT2D eigenvalue weighted by Gasteiger charge is -2.23. The van der Waals surface area contributed by atoms with Gasteiger partial charge in [0.2, 0.25) is 0 Å². The minimum absolute atomic E-state index is 0.407. The van der Waals surface area contributed by atoms with E-state index in [-0.39, 0.29) is 0 Å². The maximum absolute atomic E-state index is 11.8. The SMILES string of the molecule is CC(C)c1sc(-c2ccccc2)c(C2CCCCC2)c1C=O. The van der Waals surface area contributed by atoms with Crippen molar-refractivity contribution in [2.45, 2.75) is 57.8 Å². The Bertz CT molecular complexity index is 633. The molecule has 0 amide bonds. The van der Waals surface area contributed by atoms with Crippen LogP contribution in [0, 0.1) is 0 Å². The fourth-order valence-corrected chi connectivity index (χ4v) is 4.99. The molecule has 1 saturated carbocycles. The molecule has 0 radical (unpaired) electrons. The summed E-state index contributed by atoms with van der Waals surface area (Å²) >= 11 is 1.83. The van der Waals surface area contributed by atoms with E-state index in [0.29, 0.717) is 11.8 Å². The summed E-state index contributed by atoms with van der Waals surface area (Å²) in [6.45, 7) is 4.39. The third-order valence-electron chi connectivity index (χ3n) is 4.70. The first kappa shape index (κ1) is 15.5. The molecule has 116 valence electrons. The Labute approximate surface area is 137 Å². The number of carbonyl (C=O) groups excluding carboxylic acids is 1. The van der Waals surface area contributed by atoms with Crippen molar-refractivity contribution in [2.24, 2.45) is 0 Å². The summed E-state index contributed by atoms with van der Waals surface area (Å²) < 4.78 is 0. The lowest BCUT2D eigenvalue weighted by molar-refractivity contribution is 0.112. The molecule has 1 nitrogen and oxygen atoms in total. The van der Waals surface area contributed by atoms with Crippen LogP contribution in [0.15, 0.2) is 30.3 Å². The highest BCUT2D eigenvalue weighted by Gasteiger charge is 2.27. The highest BCUT2D eigenvalue weighted by molar-refractivity contribution is 7.16. The highest BCUT2D eigenvalue weighted by Crippen LogP contribution is 2.46. The summed E-state index contributed by atoms with van der Waals surface area (Å²) in [6, 6.07) is 10.6. The number of carbonyl (C=O) groups is 1. The molecule has 0 bridgehead atoms. The van der Waals surface area contributed by atoms with Gasteiger partial charge in [0.1, 0.15) is 0 Å². The third kappa shape index (κ3) is 2.89. The Kier molecular flexibility index (Phi) is 4.77. The predicted molar refractivity (Wildman–Crippen MR) is 95.1 cm³/mol. The van der Waals surface area contributed by atoms with E-state index in [1.54, 1.807) is 0 Å². The molecular formula is C20H24OS. The monoisotopic (exact) mass is 312 g/mol. The zero-order valence-electron chi connectivity index (χ0n) is 13.5. The van der Waals surface area contributed by atoms with Crippen molar-refractivity contribution in [2.75, 3.05) is 0 Å². The van der Waals surface area contributed by atoms with Crippen LogP contribution in [0.2, 0.25) is 0 Å². The summed E-state index contributed by atoms with van der Waals surface area (Å²) in [4.78, 5) is 14.4. The lowest BCUT2D eigenvalue weighted by atomic mass is 9.81. The molecule has 1 aromatic heterocycles. The minimum atomic E-state index is 0.407. The maximum Gasteiger partial charge on any atom is 0.151 e.